The van der Waals surface area contributed by atoms with Crippen LogP contribution in [0.1, 0.15) is 22.5 Å². The largest absolute Gasteiger partial charge is 0.483 e. The average molecular weight is 354 g/mol. The lowest BCUT2D eigenvalue weighted by molar-refractivity contribution is 0.191. The van der Waals surface area contributed by atoms with Crippen molar-refractivity contribution in [3.05, 3.63) is 108 Å². The van der Waals surface area contributed by atoms with Crippen LogP contribution in [0.4, 0.5) is 0 Å². The molecule has 26 heavy (non-hydrogen) atoms. The van der Waals surface area contributed by atoms with Gasteiger partial charge in [0.15, 0.2) is 0 Å². The second-order valence-electron chi connectivity index (χ2n) is 6.54. The van der Waals surface area contributed by atoms with E-state index >= 15 is 0 Å². The molecule has 4 aromatic rings. The van der Waals surface area contributed by atoms with E-state index in [1.807, 2.05) is 11.8 Å². The van der Waals surface area contributed by atoms with Crippen molar-refractivity contribution < 1.29 is 4.74 Å². The standard InChI is InChI=1S/C24H18OS/c1-3-9-17(10-4-1)23-24(18-11-5-2-6-12-18)26-22-16-20-14-8-7-13-19(20)15-21(22)25-23/h1-16,23-24H/t23-,24-/m1/s1. The Balaban J connectivity index is 1.64. The molecule has 0 unspecified atom stereocenters. The van der Waals surface area contributed by atoms with Crippen molar-refractivity contribution in [3.63, 3.8) is 0 Å². The maximum absolute atomic E-state index is 6.57. The topological polar surface area (TPSA) is 9.23 Å². The first-order valence-electron chi connectivity index (χ1n) is 8.84. The molecule has 2 heteroatoms. The van der Waals surface area contributed by atoms with E-state index in [0.717, 1.165) is 5.75 Å². The van der Waals surface area contributed by atoms with Crippen LogP contribution in [-0.2, 0) is 0 Å². The van der Waals surface area contributed by atoms with Crippen molar-refractivity contribution in [2.75, 3.05) is 0 Å². The van der Waals surface area contributed by atoms with E-state index in [9.17, 15) is 0 Å². The van der Waals surface area contributed by atoms with E-state index in [-0.39, 0.29) is 11.4 Å². The molecule has 4 aromatic carbocycles. The summed E-state index contributed by atoms with van der Waals surface area (Å²) >= 11 is 1.90. The number of fused-ring (bicyclic) bond motifs is 2. The molecule has 0 aliphatic carbocycles. The van der Waals surface area contributed by atoms with E-state index in [1.165, 1.54) is 26.8 Å². The van der Waals surface area contributed by atoms with Gasteiger partial charge in [-0.15, -0.1) is 11.8 Å². The Hall–Kier alpha value is -2.71. The molecule has 0 radical (unpaired) electrons. The van der Waals surface area contributed by atoms with Gasteiger partial charge in [0.1, 0.15) is 11.9 Å². The van der Waals surface area contributed by atoms with Crippen LogP contribution >= 0.6 is 11.8 Å². The second kappa shape index (κ2) is 6.54. The molecule has 1 heterocycles. The Morgan fingerprint density at radius 1 is 0.615 bits per heavy atom. The van der Waals surface area contributed by atoms with Crippen LogP contribution in [0.5, 0.6) is 5.75 Å². The Labute approximate surface area is 157 Å². The van der Waals surface area contributed by atoms with Gasteiger partial charge in [0.25, 0.3) is 0 Å². The minimum absolute atomic E-state index is 0.00253. The summed E-state index contributed by atoms with van der Waals surface area (Å²) in [6.45, 7) is 0. The van der Waals surface area contributed by atoms with Gasteiger partial charge < -0.3 is 4.74 Å². The SMILES string of the molecule is c1ccc([C@H]2Oc3cc4ccccc4cc3S[C@@H]2c2ccccc2)cc1. The molecule has 126 valence electrons. The molecule has 0 spiro atoms. The predicted molar refractivity (Wildman–Crippen MR) is 109 cm³/mol. The van der Waals surface area contributed by atoms with E-state index in [4.69, 9.17) is 4.74 Å². The van der Waals surface area contributed by atoms with E-state index in [2.05, 4.69) is 97.1 Å². The van der Waals surface area contributed by atoms with Crippen LogP contribution in [0.15, 0.2) is 102 Å². The van der Waals surface area contributed by atoms with Gasteiger partial charge in [-0.1, -0.05) is 84.9 Å². The Morgan fingerprint density at radius 3 is 1.88 bits per heavy atom. The van der Waals surface area contributed by atoms with Gasteiger partial charge in [-0.25, -0.2) is 0 Å². The highest BCUT2D eigenvalue weighted by Gasteiger charge is 2.33. The van der Waals surface area contributed by atoms with Gasteiger partial charge in [-0.3, -0.25) is 0 Å². The van der Waals surface area contributed by atoms with Crippen molar-refractivity contribution in [3.8, 4) is 5.75 Å². The Kier molecular flexibility index (Phi) is 3.91. The lowest BCUT2D eigenvalue weighted by Crippen LogP contribution is -2.19. The molecule has 0 N–H and O–H groups in total. The summed E-state index contributed by atoms with van der Waals surface area (Å²) in [5.41, 5.74) is 2.51. The molecule has 1 aliphatic heterocycles. The predicted octanol–water partition coefficient (Wildman–Crippen LogP) is 6.81. The molecule has 0 saturated heterocycles. The summed E-state index contributed by atoms with van der Waals surface area (Å²) in [7, 11) is 0. The molecule has 0 amide bonds. The van der Waals surface area contributed by atoms with E-state index < -0.39 is 0 Å². The Morgan fingerprint density at radius 2 is 1.19 bits per heavy atom. The van der Waals surface area contributed by atoms with Gasteiger partial charge in [-0.2, -0.15) is 0 Å². The van der Waals surface area contributed by atoms with Crippen LogP contribution in [0.3, 0.4) is 0 Å². The third kappa shape index (κ3) is 2.77. The van der Waals surface area contributed by atoms with Crippen molar-refractivity contribution in [2.24, 2.45) is 0 Å². The first-order valence-corrected chi connectivity index (χ1v) is 9.72. The number of hydrogen-bond donors (Lipinski definition) is 0. The summed E-state index contributed by atoms with van der Waals surface area (Å²) in [5.74, 6) is 0.981. The fraction of sp³-hybridized carbons (Fsp3) is 0.0833. The molecule has 2 atom stereocenters. The second-order valence-corrected chi connectivity index (χ2v) is 7.73. The van der Waals surface area contributed by atoms with Crippen molar-refractivity contribution >= 4 is 22.5 Å². The number of ether oxygens (including phenoxy) is 1. The third-order valence-electron chi connectivity index (χ3n) is 4.85. The quantitative estimate of drug-likeness (QED) is 0.391. The zero-order chi connectivity index (χ0) is 17.3. The van der Waals surface area contributed by atoms with E-state index in [1.54, 1.807) is 0 Å². The highest BCUT2D eigenvalue weighted by Crippen LogP contribution is 2.53. The van der Waals surface area contributed by atoms with Gasteiger partial charge in [-0.05, 0) is 34.0 Å². The van der Waals surface area contributed by atoms with Crippen LogP contribution in [0, 0.1) is 0 Å². The first-order chi connectivity index (χ1) is 12.9. The van der Waals surface area contributed by atoms with Crippen LogP contribution in [0.25, 0.3) is 10.8 Å². The minimum atomic E-state index is -0.00253. The highest BCUT2D eigenvalue weighted by molar-refractivity contribution is 7.99. The summed E-state index contributed by atoms with van der Waals surface area (Å²) in [4.78, 5) is 1.21. The van der Waals surface area contributed by atoms with Crippen molar-refractivity contribution in [2.45, 2.75) is 16.2 Å². The fourth-order valence-corrected chi connectivity index (χ4v) is 4.87. The molecular weight excluding hydrogens is 336 g/mol. The average Bonchev–Trinajstić information content (AvgIpc) is 2.72. The van der Waals surface area contributed by atoms with Gasteiger partial charge in [0.05, 0.1) is 10.1 Å². The number of thioether (sulfide) groups is 1. The molecule has 0 aromatic heterocycles. The summed E-state index contributed by atoms with van der Waals surface area (Å²) in [6.07, 6.45) is -0.00253. The molecule has 1 nitrogen and oxygen atoms in total. The summed E-state index contributed by atoms with van der Waals surface area (Å²) < 4.78 is 6.57. The normalized spacial score (nSPS) is 18.9. The van der Waals surface area contributed by atoms with Crippen LogP contribution in [0.2, 0.25) is 0 Å². The summed E-state index contributed by atoms with van der Waals surface area (Å²) in [5, 5.41) is 2.71. The zero-order valence-corrected chi connectivity index (χ0v) is 15.0. The maximum Gasteiger partial charge on any atom is 0.140 e. The zero-order valence-electron chi connectivity index (χ0n) is 14.2. The highest BCUT2D eigenvalue weighted by atomic mass is 32.2. The minimum Gasteiger partial charge on any atom is -0.483 e. The number of hydrogen-bond acceptors (Lipinski definition) is 2. The van der Waals surface area contributed by atoms with Crippen molar-refractivity contribution in [1.82, 2.24) is 0 Å². The van der Waals surface area contributed by atoms with Crippen LogP contribution < -0.4 is 4.74 Å². The van der Waals surface area contributed by atoms with Gasteiger partial charge >= 0.3 is 0 Å². The monoisotopic (exact) mass is 354 g/mol. The van der Waals surface area contributed by atoms with E-state index in [0.29, 0.717) is 0 Å². The Bertz CT molecular complexity index is 957. The third-order valence-corrected chi connectivity index (χ3v) is 6.20. The molecule has 0 bridgehead atoms. The maximum atomic E-state index is 6.57. The van der Waals surface area contributed by atoms with Gasteiger partial charge in [0, 0.05) is 0 Å². The fourth-order valence-electron chi connectivity index (χ4n) is 3.55. The van der Waals surface area contributed by atoms with Gasteiger partial charge in [0.2, 0.25) is 0 Å². The number of rotatable bonds is 2. The number of benzene rings is 4. The smallest absolute Gasteiger partial charge is 0.140 e. The summed E-state index contributed by atoms with van der Waals surface area (Å²) in [6, 6.07) is 34.1. The molecule has 0 saturated carbocycles. The van der Waals surface area contributed by atoms with Crippen LogP contribution in [-0.4, -0.2) is 0 Å². The van der Waals surface area contributed by atoms with Crippen molar-refractivity contribution in [1.29, 1.82) is 0 Å². The molecule has 0 fully saturated rings. The lowest BCUT2D eigenvalue weighted by atomic mass is 10.00. The molecule has 1 aliphatic rings. The molecule has 5 rings (SSSR count). The lowest BCUT2D eigenvalue weighted by Gasteiger charge is -2.34. The first kappa shape index (κ1) is 15.5. The molecular formula is C24H18OS.